The quantitative estimate of drug-likeness (QED) is 0.280. The Morgan fingerprint density at radius 1 is 1.06 bits per heavy atom. The van der Waals surface area contributed by atoms with Crippen molar-refractivity contribution in [1.29, 1.82) is 0 Å². The molecule has 0 aliphatic carbocycles. The van der Waals surface area contributed by atoms with Crippen LogP contribution in [0, 0.1) is 10.1 Å². The van der Waals surface area contributed by atoms with E-state index in [-0.39, 0.29) is 5.56 Å². The molecule has 0 aliphatic rings. The number of carbonyl (C=O) groups excluding carboxylic acids is 2. The Morgan fingerprint density at radius 2 is 1.69 bits per heavy atom. The van der Waals surface area contributed by atoms with Crippen LogP contribution in [0.5, 0.6) is 0 Å². The Bertz CT molecular complexity index is 975. The van der Waals surface area contributed by atoms with Crippen molar-refractivity contribution in [2.24, 2.45) is 0 Å². The molecular formula is C22H25Cl2NO7. The van der Waals surface area contributed by atoms with Gasteiger partial charge in [-0.05, 0) is 57.5 Å². The topological polar surface area (TPSA) is 105 Å². The number of rotatable bonds is 7. The van der Waals surface area contributed by atoms with Gasteiger partial charge in [-0.1, -0.05) is 29.3 Å². The molecule has 0 fully saturated rings. The van der Waals surface area contributed by atoms with Crippen molar-refractivity contribution >= 4 is 40.8 Å². The summed E-state index contributed by atoms with van der Waals surface area (Å²) in [5.74, 6) is -1.83. The number of methoxy groups -OCH3 is 1. The smallest absolute Gasteiger partial charge is 0.349 e. The molecule has 2 aromatic rings. The lowest BCUT2D eigenvalue weighted by Gasteiger charge is -2.22. The van der Waals surface area contributed by atoms with Crippen molar-refractivity contribution < 1.29 is 28.7 Å². The van der Waals surface area contributed by atoms with Gasteiger partial charge < -0.3 is 14.2 Å². The normalized spacial score (nSPS) is 10.6. The predicted octanol–water partition coefficient (Wildman–Crippen LogP) is 5.72. The van der Waals surface area contributed by atoms with Crippen molar-refractivity contribution in [3.8, 4) is 11.1 Å². The van der Waals surface area contributed by atoms with Crippen LogP contribution in [0.2, 0.25) is 10.0 Å². The molecule has 174 valence electrons. The second-order valence-electron chi connectivity index (χ2n) is 6.79. The molecule has 0 unspecified atom stereocenters. The maximum atomic E-state index is 12.5. The van der Waals surface area contributed by atoms with Gasteiger partial charge in [-0.15, -0.1) is 0 Å². The minimum Gasteiger partial charge on any atom is -0.466 e. The summed E-state index contributed by atoms with van der Waals surface area (Å²) in [6.45, 7) is 8.31. The molecule has 2 aromatic carbocycles. The molecule has 0 amide bonds. The molecule has 0 saturated carbocycles. The molecule has 0 bridgehead atoms. The van der Waals surface area contributed by atoms with E-state index in [9.17, 15) is 19.7 Å². The van der Waals surface area contributed by atoms with Crippen LogP contribution in [0.15, 0.2) is 36.4 Å². The van der Waals surface area contributed by atoms with E-state index < -0.39 is 28.2 Å². The zero-order chi connectivity index (χ0) is 24.5. The zero-order valence-corrected chi connectivity index (χ0v) is 20.0. The number of hydrogen-bond acceptors (Lipinski definition) is 7. The third-order valence-electron chi connectivity index (χ3n) is 4.09. The summed E-state index contributed by atoms with van der Waals surface area (Å²) >= 11 is 12.0. The second kappa shape index (κ2) is 12.4. The van der Waals surface area contributed by atoms with Crippen molar-refractivity contribution in [2.75, 3.05) is 20.3 Å². The van der Waals surface area contributed by atoms with E-state index in [1.54, 1.807) is 12.1 Å². The van der Waals surface area contributed by atoms with E-state index in [2.05, 4.69) is 4.74 Å². The van der Waals surface area contributed by atoms with E-state index in [4.69, 9.17) is 32.7 Å². The van der Waals surface area contributed by atoms with Crippen LogP contribution in [0.3, 0.4) is 0 Å². The Kier molecular flexibility index (Phi) is 10.6. The van der Waals surface area contributed by atoms with Crippen LogP contribution < -0.4 is 0 Å². The summed E-state index contributed by atoms with van der Waals surface area (Å²) in [6, 6.07) is 8.64. The van der Waals surface area contributed by atoms with Crippen molar-refractivity contribution in [1.82, 2.24) is 0 Å². The summed E-state index contributed by atoms with van der Waals surface area (Å²) in [5, 5.41) is 12.0. The number of nitro benzene ring substituents is 1. The fraction of sp³-hybridized carbons (Fsp3) is 0.364. The fourth-order valence-electron chi connectivity index (χ4n) is 2.53. The van der Waals surface area contributed by atoms with Crippen molar-refractivity contribution in [3.05, 3.63) is 62.1 Å². The van der Waals surface area contributed by atoms with E-state index in [0.29, 0.717) is 21.2 Å². The standard InChI is InChI=1S/C18H15Cl2NO6.C4H10O/c1-18(2,17(23)26-3)27-16(22)13-8-10(4-7-15(13)21(24)25)12-6-5-11(19)9-14(12)20;1-3-5-4-2/h4-9H,1-3H3;3-4H2,1-2H3. The lowest BCUT2D eigenvalue weighted by molar-refractivity contribution is -0.385. The number of nitrogens with zero attached hydrogens (tertiary/aromatic N) is 1. The molecule has 2 rings (SSSR count). The molecule has 0 radical (unpaired) electrons. The lowest BCUT2D eigenvalue weighted by atomic mass is 10.0. The highest BCUT2D eigenvalue weighted by Crippen LogP contribution is 2.33. The molecule has 0 aliphatic heterocycles. The van der Waals surface area contributed by atoms with Crippen LogP contribution in [-0.2, 0) is 19.0 Å². The van der Waals surface area contributed by atoms with Gasteiger partial charge in [0, 0.05) is 34.9 Å². The van der Waals surface area contributed by atoms with Crippen molar-refractivity contribution in [3.63, 3.8) is 0 Å². The molecule has 0 spiro atoms. The summed E-state index contributed by atoms with van der Waals surface area (Å²) in [5.41, 5.74) is -1.43. The van der Waals surface area contributed by atoms with Gasteiger partial charge in [-0.25, -0.2) is 9.59 Å². The first kappa shape index (κ1) is 27.4. The summed E-state index contributed by atoms with van der Waals surface area (Å²) < 4.78 is 14.5. The molecule has 0 N–H and O–H groups in total. The zero-order valence-electron chi connectivity index (χ0n) is 18.4. The second-order valence-corrected chi connectivity index (χ2v) is 7.63. The molecule has 32 heavy (non-hydrogen) atoms. The van der Waals surface area contributed by atoms with Gasteiger partial charge >= 0.3 is 11.9 Å². The highest BCUT2D eigenvalue weighted by Gasteiger charge is 2.35. The third kappa shape index (κ3) is 7.47. The monoisotopic (exact) mass is 485 g/mol. The number of ether oxygens (including phenoxy) is 3. The van der Waals surface area contributed by atoms with Crippen LogP contribution in [0.1, 0.15) is 38.1 Å². The molecule has 0 aromatic heterocycles. The Labute approximate surface area is 196 Å². The van der Waals surface area contributed by atoms with Gasteiger partial charge in [0.1, 0.15) is 5.56 Å². The van der Waals surface area contributed by atoms with Gasteiger partial charge in [0.15, 0.2) is 0 Å². The fourth-order valence-corrected chi connectivity index (χ4v) is 3.05. The first-order valence-electron chi connectivity index (χ1n) is 9.61. The Hall–Kier alpha value is -2.68. The van der Waals surface area contributed by atoms with Gasteiger partial charge in [0.25, 0.3) is 5.69 Å². The summed E-state index contributed by atoms with van der Waals surface area (Å²) in [7, 11) is 1.14. The highest BCUT2D eigenvalue weighted by molar-refractivity contribution is 6.36. The number of halogens is 2. The van der Waals surface area contributed by atoms with Crippen LogP contribution in [0.4, 0.5) is 5.69 Å². The minimum atomic E-state index is -1.62. The SMILES string of the molecule is CCOCC.COC(=O)C(C)(C)OC(=O)c1cc(-c2ccc(Cl)cc2Cl)ccc1[N+](=O)[O-]. The van der Waals surface area contributed by atoms with E-state index in [1.165, 1.54) is 38.1 Å². The van der Waals surface area contributed by atoms with Crippen LogP contribution in [0.25, 0.3) is 11.1 Å². The molecule has 0 heterocycles. The number of nitro groups is 1. The first-order chi connectivity index (χ1) is 15.0. The minimum absolute atomic E-state index is 0.311. The molecule has 0 saturated heterocycles. The number of carbonyl (C=O) groups is 2. The molecule has 8 nitrogen and oxygen atoms in total. The predicted molar refractivity (Wildman–Crippen MR) is 122 cm³/mol. The summed E-state index contributed by atoms with van der Waals surface area (Å²) in [6.07, 6.45) is 0. The van der Waals surface area contributed by atoms with Crippen molar-refractivity contribution in [2.45, 2.75) is 33.3 Å². The number of benzene rings is 2. The average molecular weight is 486 g/mol. The molecular weight excluding hydrogens is 461 g/mol. The van der Waals surface area contributed by atoms with Gasteiger partial charge in [-0.2, -0.15) is 0 Å². The first-order valence-corrected chi connectivity index (χ1v) is 10.4. The highest BCUT2D eigenvalue weighted by atomic mass is 35.5. The third-order valence-corrected chi connectivity index (χ3v) is 4.64. The maximum Gasteiger partial charge on any atom is 0.349 e. The van der Waals surface area contributed by atoms with E-state index in [1.807, 2.05) is 13.8 Å². The largest absolute Gasteiger partial charge is 0.466 e. The van der Waals surface area contributed by atoms with E-state index >= 15 is 0 Å². The van der Waals surface area contributed by atoms with Crippen LogP contribution in [-0.4, -0.2) is 42.8 Å². The number of esters is 2. The van der Waals surface area contributed by atoms with Crippen LogP contribution >= 0.6 is 23.2 Å². The Balaban J connectivity index is 0.000000920. The van der Waals surface area contributed by atoms with Gasteiger partial charge in [0.2, 0.25) is 5.60 Å². The van der Waals surface area contributed by atoms with Gasteiger partial charge in [0.05, 0.1) is 12.0 Å². The average Bonchev–Trinajstić information content (AvgIpc) is 2.73. The number of hydrogen-bond donors (Lipinski definition) is 0. The molecule has 10 heteroatoms. The maximum absolute atomic E-state index is 12.5. The molecule has 0 atom stereocenters. The van der Waals surface area contributed by atoms with E-state index in [0.717, 1.165) is 20.3 Å². The van der Waals surface area contributed by atoms with Gasteiger partial charge in [-0.3, -0.25) is 10.1 Å². The lowest BCUT2D eigenvalue weighted by Crippen LogP contribution is -2.38. The Morgan fingerprint density at radius 3 is 2.16 bits per heavy atom. The summed E-state index contributed by atoms with van der Waals surface area (Å²) in [4.78, 5) is 34.9.